The highest BCUT2D eigenvalue weighted by atomic mass is 35.5. The van der Waals surface area contributed by atoms with E-state index in [1.165, 1.54) is 0 Å². The molecule has 0 saturated carbocycles. The number of piperidine rings is 1. The first-order valence-electron chi connectivity index (χ1n) is 10.5. The molecular formula is C24H29ClN2O4. The highest BCUT2D eigenvalue weighted by Gasteiger charge is 2.24. The van der Waals surface area contributed by atoms with Crippen LogP contribution < -0.4 is 14.8 Å². The summed E-state index contributed by atoms with van der Waals surface area (Å²) in [6, 6.07) is 12.8. The van der Waals surface area contributed by atoms with E-state index in [-0.39, 0.29) is 11.8 Å². The lowest BCUT2D eigenvalue weighted by molar-refractivity contribution is -0.121. The summed E-state index contributed by atoms with van der Waals surface area (Å²) in [6.07, 6.45) is 2.85. The molecule has 166 valence electrons. The van der Waals surface area contributed by atoms with Gasteiger partial charge in [-0.2, -0.15) is 0 Å². The smallest absolute Gasteiger partial charge is 0.253 e. The second kappa shape index (κ2) is 11.0. The first-order valence-corrected chi connectivity index (χ1v) is 10.9. The van der Waals surface area contributed by atoms with Crippen LogP contribution in [0.3, 0.4) is 0 Å². The fourth-order valence-corrected chi connectivity index (χ4v) is 4.00. The van der Waals surface area contributed by atoms with Gasteiger partial charge in [0, 0.05) is 36.6 Å². The highest BCUT2D eigenvalue weighted by molar-refractivity contribution is 6.30. The molecule has 7 heteroatoms. The van der Waals surface area contributed by atoms with Crippen LogP contribution in [0.5, 0.6) is 11.5 Å². The number of halogens is 1. The molecule has 0 atom stereocenters. The number of nitrogens with one attached hydrogen (secondary N) is 1. The van der Waals surface area contributed by atoms with Crippen LogP contribution >= 0.6 is 11.6 Å². The molecule has 2 aromatic rings. The molecule has 1 saturated heterocycles. The molecular weight excluding hydrogens is 416 g/mol. The van der Waals surface area contributed by atoms with Crippen molar-refractivity contribution >= 4 is 23.4 Å². The van der Waals surface area contributed by atoms with Gasteiger partial charge in [-0.15, -0.1) is 0 Å². The van der Waals surface area contributed by atoms with Gasteiger partial charge in [-0.25, -0.2) is 0 Å². The van der Waals surface area contributed by atoms with E-state index < -0.39 is 0 Å². The number of nitrogens with zero attached hydrogens (tertiary/aromatic N) is 1. The van der Waals surface area contributed by atoms with Gasteiger partial charge in [0.2, 0.25) is 5.91 Å². The third-order valence-electron chi connectivity index (χ3n) is 5.65. The van der Waals surface area contributed by atoms with Crippen molar-refractivity contribution in [1.29, 1.82) is 0 Å². The zero-order valence-electron chi connectivity index (χ0n) is 18.0. The fourth-order valence-electron chi connectivity index (χ4n) is 3.79. The van der Waals surface area contributed by atoms with E-state index in [2.05, 4.69) is 5.32 Å². The van der Waals surface area contributed by atoms with Crippen LogP contribution in [0.15, 0.2) is 42.5 Å². The molecule has 0 bridgehead atoms. The number of aryl methyl sites for hydroxylation is 1. The van der Waals surface area contributed by atoms with Crippen LogP contribution in [0.1, 0.15) is 35.2 Å². The second-order valence-corrected chi connectivity index (χ2v) is 8.18. The molecule has 2 aromatic carbocycles. The highest BCUT2D eigenvalue weighted by Crippen LogP contribution is 2.28. The molecule has 31 heavy (non-hydrogen) atoms. The number of hydrogen-bond donors (Lipinski definition) is 1. The summed E-state index contributed by atoms with van der Waals surface area (Å²) < 4.78 is 10.5. The first-order chi connectivity index (χ1) is 15.0. The summed E-state index contributed by atoms with van der Waals surface area (Å²) in [5.74, 6) is 1.56. The van der Waals surface area contributed by atoms with Crippen molar-refractivity contribution in [2.45, 2.75) is 25.7 Å². The van der Waals surface area contributed by atoms with Crippen LogP contribution in [0.4, 0.5) is 0 Å². The van der Waals surface area contributed by atoms with Crippen molar-refractivity contribution in [1.82, 2.24) is 10.2 Å². The molecule has 1 fully saturated rings. The van der Waals surface area contributed by atoms with E-state index in [1.54, 1.807) is 32.4 Å². The number of carbonyl (C=O) groups excluding carboxylic acids is 2. The van der Waals surface area contributed by atoms with Crippen LogP contribution in [0.2, 0.25) is 5.02 Å². The third-order valence-corrected chi connectivity index (χ3v) is 5.89. The summed E-state index contributed by atoms with van der Waals surface area (Å²) in [6.45, 7) is 2.00. The van der Waals surface area contributed by atoms with E-state index in [9.17, 15) is 9.59 Å². The molecule has 0 aromatic heterocycles. The number of ether oxygens (including phenoxy) is 2. The number of amides is 2. The van der Waals surface area contributed by atoms with Gasteiger partial charge in [-0.05, 0) is 61.1 Å². The third kappa shape index (κ3) is 6.37. The Balaban J connectivity index is 1.42. The zero-order chi connectivity index (χ0) is 22.2. The number of methoxy groups -OCH3 is 2. The number of rotatable bonds is 8. The first kappa shape index (κ1) is 22.9. The van der Waals surface area contributed by atoms with E-state index >= 15 is 0 Å². The Bertz CT molecular complexity index is 910. The molecule has 1 N–H and O–H groups in total. The Labute approximate surface area is 188 Å². The summed E-state index contributed by atoms with van der Waals surface area (Å²) in [4.78, 5) is 26.9. The van der Waals surface area contributed by atoms with Crippen molar-refractivity contribution in [3.63, 3.8) is 0 Å². The Morgan fingerprint density at radius 1 is 1.06 bits per heavy atom. The van der Waals surface area contributed by atoms with Gasteiger partial charge in [-0.3, -0.25) is 9.59 Å². The Morgan fingerprint density at radius 3 is 2.48 bits per heavy atom. The molecule has 1 aliphatic heterocycles. The van der Waals surface area contributed by atoms with Crippen molar-refractivity contribution in [2.24, 2.45) is 5.92 Å². The molecule has 1 heterocycles. The monoisotopic (exact) mass is 444 g/mol. The molecule has 6 nitrogen and oxygen atoms in total. The molecule has 3 rings (SSSR count). The van der Waals surface area contributed by atoms with E-state index in [0.29, 0.717) is 60.5 Å². The Morgan fingerprint density at radius 2 is 1.81 bits per heavy atom. The number of likely N-dealkylation sites (tertiary alicyclic amines) is 1. The maximum Gasteiger partial charge on any atom is 0.253 e. The average molecular weight is 445 g/mol. The standard InChI is InChI=1S/C24H29ClN2O4/c1-30-21-8-7-19(15-22(21)31-2)24(29)27-12-10-18(11-13-27)16-26-23(28)9-6-17-4-3-5-20(25)14-17/h3-5,7-8,14-15,18H,6,9-13,16H2,1-2H3,(H,26,28). The van der Waals surface area contributed by atoms with Crippen molar-refractivity contribution in [3.05, 3.63) is 58.6 Å². The van der Waals surface area contributed by atoms with Crippen molar-refractivity contribution in [2.75, 3.05) is 33.9 Å². The largest absolute Gasteiger partial charge is 0.493 e. The van der Waals surface area contributed by atoms with Gasteiger partial charge < -0.3 is 19.7 Å². The predicted octanol–water partition coefficient (Wildman–Crippen LogP) is 3.96. The van der Waals surface area contributed by atoms with E-state index in [4.69, 9.17) is 21.1 Å². The second-order valence-electron chi connectivity index (χ2n) is 7.74. The topological polar surface area (TPSA) is 67.9 Å². The van der Waals surface area contributed by atoms with Crippen LogP contribution in [-0.4, -0.2) is 50.6 Å². The SMILES string of the molecule is COc1ccc(C(=O)N2CCC(CNC(=O)CCc3cccc(Cl)c3)CC2)cc1OC. The number of hydrogen-bond acceptors (Lipinski definition) is 4. The van der Waals surface area contributed by atoms with E-state index in [1.807, 2.05) is 29.2 Å². The normalized spacial score (nSPS) is 14.2. The summed E-state index contributed by atoms with van der Waals surface area (Å²) in [7, 11) is 3.13. The molecule has 0 aliphatic carbocycles. The lowest BCUT2D eigenvalue weighted by atomic mass is 9.96. The fraction of sp³-hybridized carbons (Fsp3) is 0.417. The molecule has 1 aliphatic rings. The van der Waals surface area contributed by atoms with Gasteiger partial charge in [0.25, 0.3) is 5.91 Å². The summed E-state index contributed by atoms with van der Waals surface area (Å²) in [5.41, 5.74) is 1.65. The lowest BCUT2D eigenvalue weighted by Crippen LogP contribution is -2.41. The van der Waals surface area contributed by atoms with Gasteiger partial charge in [0.05, 0.1) is 14.2 Å². The maximum absolute atomic E-state index is 12.8. The quantitative estimate of drug-likeness (QED) is 0.669. The Hall–Kier alpha value is -2.73. The lowest BCUT2D eigenvalue weighted by Gasteiger charge is -2.32. The van der Waals surface area contributed by atoms with Gasteiger partial charge in [-0.1, -0.05) is 23.7 Å². The maximum atomic E-state index is 12.8. The minimum Gasteiger partial charge on any atom is -0.493 e. The Kier molecular flexibility index (Phi) is 8.18. The van der Waals surface area contributed by atoms with Crippen molar-refractivity contribution in [3.8, 4) is 11.5 Å². The predicted molar refractivity (Wildman–Crippen MR) is 121 cm³/mol. The molecule has 2 amide bonds. The van der Waals surface area contributed by atoms with Gasteiger partial charge in [0.1, 0.15) is 0 Å². The molecule has 0 spiro atoms. The molecule has 0 unspecified atom stereocenters. The van der Waals surface area contributed by atoms with Crippen LogP contribution in [0, 0.1) is 5.92 Å². The summed E-state index contributed by atoms with van der Waals surface area (Å²) in [5, 5.41) is 3.72. The molecule has 0 radical (unpaired) electrons. The van der Waals surface area contributed by atoms with Gasteiger partial charge in [0.15, 0.2) is 11.5 Å². The van der Waals surface area contributed by atoms with Crippen LogP contribution in [0.25, 0.3) is 0 Å². The summed E-state index contributed by atoms with van der Waals surface area (Å²) >= 11 is 5.98. The van der Waals surface area contributed by atoms with Crippen LogP contribution in [-0.2, 0) is 11.2 Å². The minimum atomic E-state index is -0.00930. The van der Waals surface area contributed by atoms with Crippen molar-refractivity contribution < 1.29 is 19.1 Å². The number of benzene rings is 2. The zero-order valence-corrected chi connectivity index (χ0v) is 18.8. The number of carbonyl (C=O) groups is 2. The van der Waals surface area contributed by atoms with Gasteiger partial charge >= 0.3 is 0 Å². The average Bonchev–Trinajstić information content (AvgIpc) is 2.80. The van der Waals surface area contributed by atoms with E-state index in [0.717, 1.165) is 18.4 Å². The minimum absolute atomic E-state index is 0.00930.